The van der Waals surface area contributed by atoms with E-state index in [9.17, 15) is 14.7 Å². The SMILES string of the molecule is Cc1ccc(-c2scc(NC(=O)c3cc(C)oc3C)c2C(=O)O)cc1. The Kier molecular flexibility index (Phi) is 4.46. The number of carboxylic acids is 1. The van der Waals surface area contributed by atoms with E-state index < -0.39 is 5.97 Å². The number of hydrogen-bond acceptors (Lipinski definition) is 4. The number of carboxylic acid groups (broad SMARTS) is 1. The first-order valence-electron chi connectivity index (χ1n) is 7.67. The van der Waals surface area contributed by atoms with Crippen LogP contribution in [0, 0.1) is 20.8 Å². The zero-order valence-corrected chi connectivity index (χ0v) is 14.9. The summed E-state index contributed by atoms with van der Waals surface area (Å²) in [6.07, 6.45) is 0. The van der Waals surface area contributed by atoms with Gasteiger partial charge in [0.05, 0.1) is 16.1 Å². The van der Waals surface area contributed by atoms with Crippen molar-refractivity contribution >= 4 is 28.9 Å². The average Bonchev–Trinajstić information content (AvgIpc) is 3.11. The smallest absolute Gasteiger partial charge is 0.339 e. The highest BCUT2D eigenvalue weighted by molar-refractivity contribution is 7.14. The number of carbonyl (C=O) groups excluding carboxylic acids is 1. The van der Waals surface area contributed by atoms with Crippen LogP contribution in [0.5, 0.6) is 0 Å². The lowest BCUT2D eigenvalue weighted by Crippen LogP contribution is -2.14. The minimum atomic E-state index is -1.08. The Balaban J connectivity index is 1.97. The molecule has 0 aliphatic rings. The van der Waals surface area contributed by atoms with Crippen molar-refractivity contribution in [2.24, 2.45) is 0 Å². The molecule has 5 nitrogen and oxygen atoms in total. The second kappa shape index (κ2) is 6.57. The van der Waals surface area contributed by atoms with Crippen molar-refractivity contribution in [3.63, 3.8) is 0 Å². The Morgan fingerprint density at radius 3 is 2.36 bits per heavy atom. The van der Waals surface area contributed by atoms with Crippen molar-refractivity contribution in [2.45, 2.75) is 20.8 Å². The topological polar surface area (TPSA) is 79.5 Å². The van der Waals surface area contributed by atoms with Gasteiger partial charge in [-0.1, -0.05) is 29.8 Å². The van der Waals surface area contributed by atoms with Crippen molar-refractivity contribution in [1.29, 1.82) is 0 Å². The second-order valence-corrected chi connectivity index (χ2v) is 6.69. The van der Waals surface area contributed by atoms with Gasteiger partial charge in [-0.25, -0.2) is 4.79 Å². The molecule has 0 radical (unpaired) electrons. The minimum Gasteiger partial charge on any atom is -0.478 e. The van der Waals surface area contributed by atoms with Gasteiger partial charge in [-0.15, -0.1) is 11.3 Å². The Labute approximate surface area is 148 Å². The summed E-state index contributed by atoms with van der Waals surface area (Å²) >= 11 is 1.29. The fourth-order valence-corrected chi connectivity index (χ4v) is 3.63. The van der Waals surface area contributed by atoms with Gasteiger partial charge in [-0.05, 0) is 32.4 Å². The summed E-state index contributed by atoms with van der Waals surface area (Å²) in [5, 5.41) is 14.0. The van der Waals surface area contributed by atoms with Crippen LogP contribution < -0.4 is 5.32 Å². The molecule has 2 aromatic heterocycles. The van der Waals surface area contributed by atoms with E-state index in [0.717, 1.165) is 11.1 Å². The number of hydrogen-bond donors (Lipinski definition) is 2. The first kappa shape index (κ1) is 17.0. The predicted molar refractivity (Wildman–Crippen MR) is 97.6 cm³/mol. The number of aromatic carboxylic acids is 1. The molecule has 3 rings (SSSR count). The Morgan fingerprint density at radius 1 is 1.12 bits per heavy atom. The number of thiophene rings is 1. The quantitative estimate of drug-likeness (QED) is 0.699. The molecule has 0 fully saturated rings. The molecule has 1 amide bonds. The van der Waals surface area contributed by atoms with Gasteiger partial charge in [0.25, 0.3) is 5.91 Å². The molecule has 2 N–H and O–H groups in total. The van der Waals surface area contributed by atoms with Crippen molar-refractivity contribution < 1.29 is 19.1 Å². The van der Waals surface area contributed by atoms with E-state index in [4.69, 9.17) is 4.42 Å². The summed E-state index contributed by atoms with van der Waals surface area (Å²) < 4.78 is 5.36. The molecule has 0 unspecified atom stereocenters. The van der Waals surface area contributed by atoms with E-state index in [1.165, 1.54) is 11.3 Å². The predicted octanol–water partition coefficient (Wildman–Crippen LogP) is 4.88. The van der Waals surface area contributed by atoms with E-state index in [1.54, 1.807) is 25.3 Å². The molecular weight excluding hydrogens is 338 g/mol. The third kappa shape index (κ3) is 3.34. The monoisotopic (exact) mass is 355 g/mol. The molecule has 0 spiro atoms. The molecule has 0 saturated carbocycles. The molecule has 1 aromatic carbocycles. The van der Waals surface area contributed by atoms with Crippen molar-refractivity contribution in [2.75, 3.05) is 5.32 Å². The maximum Gasteiger partial charge on any atom is 0.339 e. The maximum absolute atomic E-state index is 12.5. The van der Waals surface area contributed by atoms with Crippen LogP contribution in [-0.4, -0.2) is 17.0 Å². The highest BCUT2D eigenvalue weighted by Crippen LogP contribution is 2.36. The normalized spacial score (nSPS) is 10.7. The van der Waals surface area contributed by atoms with Gasteiger partial charge in [0.15, 0.2) is 0 Å². The van der Waals surface area contributed by atoms with Gasteiger partial charge >= 0.3 is 5.97 Å². The summed E-state index contributed by atoms with van der Waals surface area (Å²) in [5.41, 5.74) is 2.69. The third-order valence-electron chi connectivity index (χ3n) is 3.85. The van der Waals surface area contributed by atoms with Crippen LogP contribution in [0.3, 0.4) is 0 Å². The highest BCUT2D eigenvalue weighted by atomic mass is 32.1. The zero-order chi connectivity index (χ0) is 18.1. The fourth-order valence-electron chi connectivity index (χ4n) is 2.63. The Bertz CT molecular complexity index is 950. The van der Waals surface area contributed by atoms with E-state index >= 15 is 0 Å². The molecule has 128 valence electrons. The molecule has 2 heterocycles. The molecule has 0 saturated heterocycles. The molecule has 6 heteroatoms. The van der Waals surface area contributed by atoms with Crippen LogP contribution in [0.25, 0.3) is 10.4 Å². The number of carbonyl (C=O) groups is 2. The summed E-state index contributed by atoms with van der Waals surface area (Å²) in [7, 11) is 0. The standard InChI is InChI=1S/C19H17NO4S/c1-10-4-6-13(7-5-10)17-16(19(22)23)15(9-25-17)20-18(21)14-8-11(2)24-12(14)3/h4-9H,1-3H3,(H,20,21)(H,22,23). The van der Waals surface area contributed by atoms with Gasteiger partial charge in [-0.2, -0.15) is 0 Å². The van der Waals surface area contributed by atoms with Gasteiger partial charge in [0, 0.05) is 5.38 Å². The van der Waals surface area contributed by atoms with Crippen molar-refractivity contribution in [1.82, 2.24) is 0 Å². The van der Waals surface area contributed by atoms with Crippen LogP contribution in [0.15, 0.2) is 40.1 Å². The van der Waals surface area contributed by atoms with Crippen LogP contribution in [0.2, 0.25) is 0 Å². The molecular formula is C19H17NO4S. The number of aryl methyl sites for hydroxylation is 3. The average molecular weight is 355 g/mol. The zero-order valence-electron chi connectivity index (χ0n) is 14.0. The number of nitrogens with one attached hydrogen (secondary N) is 1. The lowest BCUT2D eigenvalue weighted by atomic mass is 10.1. The molecule has 0 aliphatic heterocycles. The lowest BCUT2D eigenvalue weighted by Gasteiger charge is -2.06. The highest BCUT2D eigenvalue weighted by Gasteiger charge is 2.22. The molecule has 25 heavy (non-hydrogen) atoms. The molecule has 3 aromatic rings. The van der Waals surface area contributed by atoms with Gasteiger partial charge in [0.1, 0.15) is 17.1 Å². The van der Waals surface area contributed by atoms with Crippen LogP contribution in [0.1, 0.15) is 37.8 Å². The van der Waals surface area contributed by atoms with Crippen molar-refractivity contribution in [3.05, 3.63) is 63.9 Å². The van der Waals surface area contributed by atoms with Gasteiger partial charge < -0.3 is 14.8 Å². The fraction of sp³-hybridized carbons (Fsp3) is 0.158. The van der Waals surface area contributed by atoms with Gasteiger partial charge in [-0.3, -0.25) is 4.79 Å². The minimum absolute atomic E-state index is 0.0973. The maximum atomic E-state index is 12.5. The van der Waals surface area contributed by atoms with Crippen molar-refractivity contribution in [3.8, 4) is 10.4 Å². The summed E-state index contributed by atoms with van der Waals surface area (Å²) in [6, 6.07) is 9.25. The molecule has 0 atom stereocenters. The number of amides is 1. The summed E-state index contributed by atoms with van der Waals surface area (Å²) in [6.45, 7) is 5.43. The van der Waals surface area contributed by atoms with Crippen LogP contribution in [-0.2, 0) is 0 Å². The van der Waals surface area contributed by atoms with Crippen LogP contribution >= 0.6 is 11.3 Å². The van der Waals surface area contributed by atoms with Crippen LogP contribution in [0.4, 0.5) is 5.69 Å². The summed E-state index contributed by atoms with van der Waals surface area (Å²) in [4.78, 5) is 24.8. The van der Waals surface area contributed by atoms with E-state index in [1.807, 2.05) is 31.2 Å². The number of rotatable bonds is 4. The molecule has 0 bridgehead atoms. The van der Waals surface area contributed by atoms with Gasteiger partial charge in [0.2, 0.25) is 0 Å². The largest absolute Gasteiger partial charge is 0.478 e. The van der Waals surface area contributed by atoms with E-state index in [2.05, 4.69) is 5.32 Å². The third-order valence-corrected chi connectivity index (χ3v) is 4.88. The Hall–Kier alpha value is -2.86. The number of anilines is 1. The number of furan rings is 1. The lowest BCUT2D eigenvalue weighted by molar-refractivity contribution is 0.0699. The van der Waals surface area contributed by atoms with E-state index in [-0.39, 0.29) is 17.2 Å². The molecule has 0 aliphatic carbocycles. The summed E-state index contributed by atoms with van der Waals surface area (Å²) in [5.74, 6) is -0.329. The number of benzene rings is 1. The first-order chi connectivity index (χ1) is 11.9. The Morgan fingerprint density at radius 2 is 1.80 bits per heavy atom. The first-order valence-corrected chi connectivity index (χ1v) is 8.55. The van der Waals surface area contributed by atoms with E-state index in [0.29, 0.717) is 22.0 Å². The second-order valence-electron chi connectivity index (χ2n) is 5.81.